The van der Waals surface area contributed by atoms with Crippen molar-refractivity contribution in [3.8, 4) is 0 Å². The minimum absolute atomic E-state index is 0.0728. The Kier molecular flexibility index (Phi) is 4.71. The van der Waals surface area contributed by atoms with Crippen molar-refractivity contribution < 1.29 is 4.92 Å². The van der Waals surface area contributed by atoms with E-state index in [0.717, 1.165) is 11.1 Å². The summed E-state index contributed by atoms with van der Waals surface area (Å²) >= 11 is 6.10. The Labute approximate surface area is 122 Å². The van der Waals surface area contributed by atoms with Crippen LogP contribution in [0, 0.1) is 10.1 Å². The van der Waals surface area contributed by atoms with Gasteiger partial charge in [0.25, 0.3) is 5.69 Å². The summed E-state index contributed by atoms with van der Waals surface area (Å²) in [4.78, 5) is 10.2. The van der Waals surface area contributed by atoms with Crippen LogP contribution in [0.3, 0.4) is 0 Å². The molecular weight excluding hydrogens is 276 g/mol. The summed E-state index contributed by atoms with van der Waals surface area (Å²) < 4.78 is 0. The molecule has 0 fully saturated rings. The van der Waals surface area contributed by atoms with Gasteiger partial charge in [-0.3, -0.25) is 10.1 Å². The molecule has 1 unspecified atom stereocenters. The Morgan fingerprint density at radius 3 is 2.35 bits per heavy atom. The minimum atomic E-state index is -0.409. The van der Waals surface area contributed by atoms with Crippen LogP contribution in [0.1, 0.15) is 11.1 Å². The highest BCUT2D eigenvalue weighted by Gasteiger charge is 2.09. The molecule has 0 amide bonds. The van der Waals surface area contributed by atoms with Crippen LogP contribution in [0.25, 0.3) is 0 Å². The molecule has 0 heterocycles. The number of nitrogens with zero attached hydrogens (tertiary/aromatic N) is 1. The maximum Gasteiger partial charge on any atom is 0.269 e. The minimum Gasteiger partial charge on any atom is -0.327 e. The molecule has 2 aromatic rings. The predicted molar refractivity (Wildman–Crippen MR) is 79.9 cm³/mol. The zero-order valence-electron chi connectivity index (χ0n) is 10.8. The van der Waals surface area contributed by atoms with E-state index in [1.807, 2.05) is 24.3 Å². The van der Waals surface area contributed by atoms with E-state index in [1.165, 1.54) is 12.1 Å². The van der Waals surface area contributed by atoms with Gasteiger partial charge in [-0.1, -0.05) is 41.9 Å². The summed E-state index contributed by atoms with van der Waals surface area (Å²) in [7, 11) is 0. The predicted octanol–water partition coefficient (Wildman–Crippen LogP) is 3.36. The highest BCUT2D eigenvalue weighted by Crippen LogP contribution is 2.18. The van der Waals surface area contributed by atoms with E-state index >= 15 is 0 Å². The maximum absolute atomic E-state index is 10.6. The van der Waals surface area contributed by atoms with Crippen molar-refractivity contribution in [2.45, 2.75) is 18.9 Å². The van der Waals surface area contributed by atoms with Gasteiger partial charge in [0.15, 0.2) is 0 Å². The van der Waals surface area contributed by atoms with Gasteiger partial charge in [0.1, 0.15) is 0 Å². The number of hydrogen-bond donors (Lipinski definition) is 1. The molecule has 0 radical (unpaired) electrons. The first kappa shape index (κ1) is 14.5. The normalized spacial score (nSPS) is 12.1. The highest BCUT2D eigenvalue weighted by molar-refractivity contribution is 6.31. The monoisotopic (exact) mass is 290 g/mol. The molecular formula is C15H15ClN2O2. The first-order valence-corrected chi connectivity index (χ1v) is 6.66. The number of nitrogens with two attached hydrogens (primary N) is 1. The molecule has 1 atom stereocenters. The summed E-state index contributed by atoms with van der Waals surface area (Å²) in [5.41, 5.74) is 8.20. The van der Waals surface area contributed by atoms with Gasteiger partial charge in [-0.15, -0.1) is 0 Å². The zero-order valence-corrected chi connectivity index (χ0v) is 11.6. The second-order valence-electron chi connectivity index (χ2n) is 4.68. The average molecular weight is 291 g/mol. The highest BCUT2D eigenvalue weighted by atomic mass is 35.5. The first-order valence-electron chi connectivity index (χ1n) is 6.28. The van der Waals surface area contributed by atoms with Crippen LogP contribution in [-0.2, 0) is 12.8 Å². The maximum atomic E-state index is 10.6. The van der Waals surface area contributed by atoms with Crippen LogP contribution in [0.2, 0.25) is 5.02 Å². The number of halogens is 1. The van der Waals surface area contributed by atoms with Crippen molar-refractivity contribution >= 4 is 17.3 Å². The van der Waals surface area contributed by atoms with E-state index in [4.69, 9.17) is 17.3 Å². The van der Waals surface area contributed by atoms with Crippen LogP contribution in [0.15, 0.2) is 48.5 Å². The Morgan fingerprint density at radius 1 is 1.10 bits per heavy atom. The Morgan fingerprint density at radius 2 is 1.75 bits per heavy atom. The molecule has 5 heteroatoms. The number of hydrogen-bond acceptors (Lipinski definition) is 3. The summed E-state index contributed by atoms with van der Waals surface area (Å²) in [6.45, 7) is 0. The zero-order chi connectivity index (χ0) is 14.5. The third kappa shape index (κ3) is 3.79. The van der Waals surface area contributed by atoms with Crippen LogP contribution < -0.4 is 5.73 Å². The van der Waals surface area contributed by atoms with Crippen LogP contribution >= 0.6 is 11.6 Å². The number of nitro benzene ring substituents is 1. The molecule has 0 aromatic heterocycles. The van der Waals surface area contributed by atoms with E-state index in [1.54, 1.807) is 12.1 Å². The third-order valence-corrected chi connectivity index (χ3v) is 3.45. The van der Waals surface area contributed by atoms with E-state index in [0.29, 0.717) is 17.9 Å². The Balaban J connectivity index is 1.99. The molecule has 0 saturated carbocycles. The average Bonchev–Trinajstić information content (AvgIpc) is 2.42. The van der Waals surface area contributed by atoms with Gasteiger partial charge in [-0.2, -0.15) is 0 Å². The number of nitro groups is 1. The molecule has 0 spiro atoms. The fourth-order valence-corrected chi connectivity index (χ4v) is 2.29. The first-order chi connectivity index (χ1) is 9.56. The number of benzene rings is 2. The molecule has 0 aliphatic heterocycles. The van der Waals surface area contributed by atoms with E-state index in [-0.39, 0.29) is 11.7 Å². The van der Waals surface area contributed by atoms with Gasteiger partial charge in [0.2, 0.25) is 0 Å². The largest absolute Gasteiger partial charge is 0.327 e. The van der Waals surface area contributed by atoms with Crippen molar-refractivity contribution in [3.63, 3.8) is 0 Å². The standard InChI is InChI=1S/C15H15ClN2O2/c16-15-4-2-1-3-12(15)10-13(17)9-11-5-7-14(8-6-11)18(19)20/h1-8,13H,9-10,17H2. The van der Waals surface area contributed by atoms with Gasteiger partial charge < -0.3 is 5.73 Å². The van der Waals surface area contributed by atoms with Crippen molar-refractivity contribution in [1.82, 2.24) is 0 Å². The van der Waals surface area contributed by atoms with Crippen LogP contribution in [0.4, 0.5) is 5.69 Å². The van der Waals surface area contributed by atoms with Crippen LogP contribution in [0.5, 0.6) is 0 Å². The lowest BCUT2D eigenvalue weighted by Crippen LogP contribution is -2.25. The molecule has 2 aromatic carbocycles. The van der Waals surface area contributed by atoms with Gasteiger partial charge >= 0.3 is 0 Å². The van der Waals surface area contributed by atoms with E-state index in [2.05, 4.69) is 0 Å². The second-order valence-corrected chi connectivity index (χ2v) is 5.09. The van der Waals surface area contributed by atoms with E-state index < -0.39 is 4.92 Å². The molecule has 104 valence electrons. The SMILES string of the molecule is NC(Cc1ccc([N+](=O)[O-])cc1)Cc1ccccc1Cl. The van der Waals surface area contributed by atoms with Gasteiger partial charge in [0, 0.05) is 23.2 Å². The molecule has 20 heavy (non-hydrogen) atoms. The number of rotatable bonds is 5. The molecule has 0 saturated heterocycles. The third-order valence-electron chi connectivity index (χ3n) is 3.08. The lowest BCUT2D eigenvalue weighted by atomic mass is 9.99. The molecule has 0 bridgehead atoms. The van der Waals surface area contributed by atoms with Crippen molar-refractivity contribution in [2.75, 3.05) is 0 Å². The summed E-state index contributed by atoms with van der Waals surface area (Å²) in [6, 6.07) is 14.0. The molecule has 2 rings (SSSR count). The van der Waals surface area contributed by atoms with E-state index in [9.17, 15) is 10.1 Å². The van der Waals surface area contributed by atoms with Crippen LogP contribution in [-0.4, -0.2) is 11.0 Å². The van der Waals surface area contributed by atoms with Crippen molar-refractivity contribution in [3.05, 3.63) is 74.8 Å². The second kappa shape index (κ2) is 6.50. The van der Waals surface area contributed by atoms with Crippen molar-refractivity contribution in [1.29, 1.82) is 0 Å². The quantitative estimate of drug-likeness (QED) is 0.678. The summed E-state index contributed by atoms with van der Waals surface area (Å²) in [5.74, 6) is 0. The summed E-state index contributed by atoms with van der Waals surface area (Å²) in [6.07, 6.45) is 1.33. The summed E-state index contributed by atoms with van der Waals surface area (Å²) in [5, 5.41) is 11.3. The molecule has 0 aliphatic rings. The van der Waals surface area contributed by atoms with Gasteiger partial charge in [0.05, 0.1) is 4.92 Å². The number of non-ortho nitro benzene ring substituents is 1. The lowest BCUT2D eigenvalue weighted by Gasteiger charge is -2.12. The Bertz CT molecular complexity index is 599. The molecule has 2 N–H and O–H groups in total. The van der Waals surface area contributed by atoms with Gasteiger partial charge in [-0.05, 0) is 30.0 Å². The fourth-order valence-electron chi connectivity index (χ4n) is 2.08. The fraction of sp³-hybridized carbons (Fsp3) is 0.200. The smallest absolute Gasteiger partial charge is 0.269 e. The van der Waals surface area contributed by atoms with Crippen molar-refractivity contribution in [2.24, 2.45) is 5.73 Å². The lowest BCUT2D eigenvalue weighted by molar-refractivity contribution is -0.384. The molecule has 4 nitrogen and oxygen atoms in total. The molecule has 0 aliphatic carbocycles. The topological polar surface area (TPSA) is 69.2 Å². The Hall–Kier alpha value is -1.91. The van der Waals surface area contributed by atoms with Gasteiger partial charge in [-0.25, -0.2) is 0 Å².